The molecule has 27 heavy (non-hydrogen) atoms. The van der Waals surface area contributed by atoms with Crippen molar-refractivity contribution < 1.29 is 9.47 Å². The topological polar surface area (TPSA) is 21.8 Å². The van der Waals surface area contributed by atoms with Crippen LogP contribution in [0.1, 0.15) is 129 Å². The Bertz CT molecular complexity index is 309. The molecule has 1 fully saturated rings. The van der Waals surface area contributed by atoms with Gasteiger partial charge in [-0.25, -0.2) is 0 Å². The molecule has 0 bridgehead atoms. The highest BCUT2D eigenvalue weighted by atomic mass is 16.6. The minimum Gasteiger partial charge on any atom is -0.499 e. The van der Waals surface area contributed by atoms with E-state index in [4.69, 9.17) is 9.47 Å². The van der Waals surface area contributed by atoms with Crippen molar-refractivity contribution >= 4 is 0 Å². The lowest BCUT2D eigenvalue weighted by atomic mass is 10.0. The predicted octanol–water partition coefficient (Wildman–Crippen LogP) is 8.35. The van der Waals surface area contributed by atoms with Crippen LogP contribution >= 0.6 is 0 Å². The minimum absolute atomic E-state index is 0.375. The van der Waals surface area contributed by atoms with Crippen LogP contribution in [0.3, 0.4) is 0 Å². The average molecular weight is 381 g/mol. The predicted molar refractivity (Wildman–Crippen MR) is 118 cm³/mol. The summed E-state index contributed by atoms with van der Waals surface area (Å²) in [6.45, 7) is 3.91. The monoisotopic (exact) mass is 380 g/mol. The van der Waals surface area contributed by atoms with Gasteiger partial charge in [0.1, 0.15) is 12.7 Å². The highest BCUT2D eigenvalue weighted by Crippen LogP contribution is 2.14. The van der Waals surface area contributed by atoms with E-state index in [1.165, 1.54) is 116 Å². The van der Waals surface area contributed by atoms with Gasteiger partial charge < -0.3 is 9.47 Å². The number of allylic oxidation sites excluding steroid dienone is 1. The Morgan fingerprint density at radius 1 is 0.667 bits per heavy atom. The first-order valence-electron chi connectivity index (χ1n) is 12.3. The lowest BCUT2D eigenvalue weighted by molar-refractivity contribution is 0.211. The van der Waals surface area contributed by atoms with Crippen LogP contribution < -0.4 is 0 Å². The largest absolute Gasteiger partial charge is 0.499 e. The smallest absolute Gasteiger partial charge is 0.116 e. The Kier molecular flexibility index (Phi) is 18.4. The van der Waals surface area contributed by atoms with E-state index in [1.807, 2.05) is 6.26 Å². The molecule has 0 spiro atoms. The number of epoxide rings is 1. The van der Waals surface area contributed by atoms with E-state index in [9.17, 15) is 0 Å². The molecule has 160 valence electrons. The first-order valence-corrected chi connectivity index (χ1v) is 12.3. The van der Waals surface area contributed by atoms with E-state index in [1.54, 1.807) is 0 Å². The number of rotatable bonds is 22. The summed E-state index contributed by atoms with van der Waals surface area (Å²) in [5, 5.41) is 0. The second kappa shape index (κ2) is 20.2. The van der Waals surface area contributed by atoms with Crippen LogP contribution in [-0.4, -0.2) is 19.3 Å². The molecular weight excluding hydrogens is 332 g/mol. The second-order valence-electron chi connectivity index (χ2n) is 8.46. The van der Waals surface area contributed by atoms with Gasteiger partial charge >= 0.3 is 0 Å². The van der Waals surface area contributed by atoms with Gasteiger partial charge in [0.15, 0.2) is 0 Å². The number of ether oxygens (including phenoxy) is 2. The molecule has 1 saturated heterocycles. The van der Waals surface area contributed by atoms with Crippen LogP contribution in [0.15, 0.2) is 12.3 Å². The Morgan fingerprint density at radius 2 is 1.07 bits per heavy atom. The van der Waals surface area contributed by atoms with E-state index in [0.717, 1.165) is 19.6 Å². The number of hydrogen-bond donors (Lipinski definition) is 0. The van der Waals surface area contributed by atoms with Crippen LogP contribution in [0.5, 0.6) is 0 Å². The van der Waals surface area contributed by atoms with Gasteiger partial charge in [-0.3, -0.25) is 0 Å². The van der Waals surface area contributed by atoms with Gasteiger partial charge in [0.05, 0.1) is 12.9 Å². The molecular formula is C25H48O2. The summed E-state index contributed by atoms with van der Waals surface area (Å²) in [7, 11) is 0. The zero-order valence-corrected chi connectivity index (χ0v) is 18.4. The Morgan fingerprint density at radius 3 is 1.48 bits per heavy atom. The fourth-order valence-electron chi connectivity index (χ4n) is 3.63. The molecule has 0 saturated carbocycles. The molecule has 1 unspecified atom stereocenters. The minimum atomic E-state index is 0.375. The fourth-order valence-corrected chi connectivity index (χ4v) is 3.63. The molecule has 0 aliphatic carbocycles. The van der Waals surface area contributed by atoms with Gasteiger partial charge in [0.2, 0.25) is 0 Å². The van der Waals surface area contributed by atoms with Crippen LogP contribution in [-0.2, 0) is 9.47 Å². The highest BCUT2D eigenvalue weighted by Gasteiger charge is 2.22. The summed E-state index contributed by atoms with van der Waals surface area (Å²) in [4.78, 5) is 0. The maximum absolute atomic E-state index is 5.39. The van der Waals surface area contributed by atoms with Gasteiger partial charge in [-0.2, -0.15) is 0 Å². The Hall–Kier alpha value is -0.500. The SMILES string of the molecule is CCCCCCCCCCCCCCCCCCCCC=COCC1CO1. The average Bonchev–Trinajstić information content (AvgIpc) is 3.50. The van der Waals surface area contributed by atoms with Crippen molar-refractivity contribution in [1.82, 2.24) is 0 Å². The summed E-state index contributed by atoms with van der Waals surface area (Å²) < 4.78 is 10.5. The third-order valence-corrected chi connectivity index (χ3v) is 5.60. The molecule has 0 aromatic heterocycles. The van der Waals surface area contributed by atoms with E-state index >= 15 is 0 Å². The van der Waals surface area contributed by atoms with Crippen molar-refractivity contribution in [1.29, 1.82) is 0 Å². The summed E-state index contributed by atoms with van der Waals surface area (Å²) in [6, 6.07) is 0. The van der Waals surface area contributed by atoms with Crippen LogP contribution in [0.4, 0.5) is 0 Å². The molecule has 0 aromatic rings. The van der Waals surface area contributed by atoms with Gasteiger partial charge in [0.25, 0.3) is 0 Å². The Labute approximate surface area is 170 Å². The molecule has 0 amide bonds. The number of unbranched alkanes of at least 4 members (excludes halogenated alkanes) is 18. The van der Waals surface area contributed by atoms with Crippen LogP contribution in [0.25, 0.3) is 0 Å². The van der Waals surface area contributed by atoms with E-state index in [-0.39, 0.29) is 0 Å². The van der Waals surface area contributed by atoms with Crippen molar-refractivity contribution in [2.24, 2.45) is 0 Å². The highest BCUT2D eigenvalue weighted by molar-refractivity contribution is 4.75. The summed E-state index contributed by atoms with van der Waals surface area (Å²) in [6.07, 6.45) is 31.4. The summed E-state index contributed by atoms with van der Waals surface area (Å²) in [5.74, 6) is 0. The Balaban J connectivity index is 1.62. The van der Waals surface area contributed by atoms with Gasteiger partial charge in [0, 0.05) is 0 Å². The van der Waals surface area contributed by atoms with Gasteiger partial charge in [-0.15, -0.1) is 0 Å². The standard InChI is InChI=1S/C25H48O2/c1-2-3-4-5-6-7-8-9-10-11-12-13-14-15-16-17-18-19-20-21-22-26-23-25-24-27-25/h21-22,25H,2-20,23-24H2,1H3. The zero-order valence-electron chi connectivity index (χ0n) is 18.4. The zero-order chi connectivity index (χ0) is 19.3. The first kappa shape index (κ1) is 24.5. The molecule has 1 aliphatic heterocycles. The van der Waals surface area contributed by atoms with E-state index in [0.29, 0.717) is 6.10 Å². The maximum atomic E-state index is 5.39. The molecule has 2 heteroatoms. The normalized spacial score (nSPS) is 16.3. The maximum Gasteiger partial charge on any atom is 0.116 e. The summed E-state index contributed by atoms with van der Waals surface area (Å²) >= 11 is 0. The molecule has 1 atom stereocenters. The lowest BCUT2D eigenvalue weighted by Gasteiger charge is -2.03. The molecule has 1 rings (SSSR count). The van der Waals surface area contributed by atoms with Crippen LogP contribution in [0.2, 0.25) is 0 Å². The van der Waals surface area contributed by atoms with E-state index < -0.39 is 0 Å². The third kappa shape index (κ3) is 20.1. The van der Waals surface area contributed by atoms with Crippen molar-refractivity contribution in [2.45, 2.75) is 135 Å². The van der Waals surface area contributed by atoms with Gasteiger partial charge in [-0.1, -0.05) is 116 Å². The van der Waals surface area contributed by atoms with Crippen molar-refractivity contribution in [3.8, 4) is 0 Å². The molecule has 1 aliphatic rings. The summed E-state index contributed by atoms with van der Waals surface area (Å²) in [5.41, 5.74) is 0. The van der Waals surface area contributed by atoms with Crippen molar-refractivity contribution in [2.75, 3.05) is 13.2 Å². The van der Waals surface area contributed by atoms with E-state index in [2.05, 4.69) is 13.0 Å². The van der Waals surface area contributed by atoms with Crippen molar-refractivity contribution in [3.63, 3.8) is 0 Å². The first-order chi connectivity index (χ1) is 13.4. The fraction of sp³-hybridized carbons (Fsp3) is 0.920. The third-order valence-electron chi connectivity index (χ3n) is 5.60. The number of hydrogen-bond acceptors (Lipinski definition) is 2. The molecule has 0 radical (unpaired) electrons. The lowest BCUT2D eigenvalue weighted by Crippen LogP contribution is -1.94. The molecule has 0 N–H and O–H groups in total. The quantitative estimate of drug-likeness (QED) is 0.107. The second-order valence-corrected chi connectivity index (χ2v) is 8.46. The van der Waals surface area contributed by atoms with Gasteiger partial charge in [-0.05, 0) is 18.9 Å². The molecule has 0 aromatic carbocycles. The molecule has 2 nitrogen and oxygen atoms in total. The molecule has 1 heterocycles. The van der Waals surface area contributed by atoms with Crippen molar-refractivity contribution in [3.05, 3.63) is 12.3 Å². The van der Waals surface area contributed by atoms with Crippen LogP contribution in [0, 0.1) is 0 Å².